The van der Waals surface area contributed by atoms with Crippen LogP contribution in [-0.2, 0) is 20.0 Å². The average Bonchev–Trinajstić information content (AvgIpc) is 3.37. The van der Waals surface area contributed by atoms with Crippen molar-refractivity contribution in [2.75, 3.05) is 0 Å². The normalized spacial score (nSPS) is 15.3. The number of aryl methyl sites for hydroxylation is 3. The molecule has 1 fully saturated rings. The molecule has 29 heavy (non-hydrogen) atoms. The quantitative estimate of drug-likeness (QED) is 0.503. The van der Waals surface area contributed by atoms with Crippen LogP contribution in [0.25, 0.3) is 33.6 Å². The van der Waals surface area contributed by atoms with Gasteiger partial charge in [0.2, 0.25) is 0 Å². The number of rotatable bonds is 3. The van der Waals surface area contributed by atoms with Gasteiger partial charge in [0, 0.05) is 60.0 Å². The third kappa shape index (κ3) is 2.45. The Morgan fingerprint density at radius 3 is 2.86 bits per heavy atom. The highest BCUT2D eigenvalue weighted by atomic mass is 16.3. The molecule has 1 aliphatic carbocycles. The first kappa shape index (κ1) is 16.5. The molecule has 1 aromatic carbocycles. The molecule has 144 valence electrons. The topological polar surface area (TPSA) is 70.0 Å². The predicted molar refractivity (Wildman–Crippen MR) is 109 cm³/mol. The van der Waals surface area contributed by atoms with Crippen molar-refractivity contribution in [1.29, 1.82) is 0 Å². The van der Waals surface area contributed by atoms with Crippen LogP contribution < -0.4 is 5.43 Å². The van der Waals surface area contributed by atoms with E-state index in [0.29, 0.717) is 5.56 Å². The van der Waals surface area contributed by atoms with Crippen LogP contribution in [0.15, 0.2) is 52.1 Å². The van der Waals surface area contributed by atoms with Crippen LogP contribution in [0.3, 0.4) is 0 Å². The van der Waals surface area contributed by atoms with Gasteiger partial charge in [-0.2, -0.15) is 5.10 Å². The third-order valence-corrected chi connectivity index (χ3v) is 6.01. The van der Waals surface area contributed by atoms with Gasteiger partial charge in [-0.25, -0.2) is 0 Å². The first-order chi connectivity index (χ1) is 14.1. The maximum absolute atomic E-state index is 12.7. The van der Waals surface area contributed by atoms with E-state index in [9.17, 15) is 9.59 Å². The lowest BCUT2D eigenvalue weighted by Gasteiger charge is -2.19. The fourth-order valence-corrected chi connectivity index (χ4v) is 4.35. The number of Topliss-reactive ketones (excluding diaryl/α,β-unsaturated/α-hetero) is 1. The summed E-state index contributed by atoms with van der Waals surface area (Å²) in [5.41, 5.74) is 4.75. The van der Waals surface area contributed by atoms with Crippen molar-refractivity contribution in [3.8, 4) is 22.6 Å². The van der Waals surface area contributed by atoms with Gasteiger partial charge < -0.3 is 8.98 Å². The van der Waals surface area contributed by atoms with E-state index in [1.54, 1.807) is 16.9 Å². The molecule has 0 amide bonds. The summed E-state index contributed by atoms with van der Waals surface area (Å²) >= 11 is 0. The summed E-state index contributed by atoms with van der Waals surface area (Å²) in [7, 11) is 1.89. The molecule has 0 unspecified atom stereocenters. The minimum absolute atomic E-state index is 0.0143. The lowest BCUT2D eigenvalue weighted by molar-refractivity contribution is 0.0966. The highest BCUT2D eigenvalue weighted by Gasteiger charge is 2.33. The smallest absolute Gasteiger partial charge is 0.193 e. The number of benzene rings is 1. The largest absolute Gasteiger partial charge is 0.454 e. The number of fused-ring (bicyclic) bond motifs is 5. The molecule has 4 heterocycles. The second-order valence-corrected chi connectivity index (χ2v) is 8.01. The van der Waals surface area contributed by atoms with Crippen LogP contribution in [0.2, 0.25) is 0 Å². The van der Waals surface area contributed by atoms with Crippen molar-refractivity contribution < 1.29 is 9.21 Å². The second-order valence-electron chi connectivity index (χ2n) is 8.01. The molecule has 0 bridgehead atoms. The van der Waals surface area contributed by atoms with Crippen molar-refractivity contribution in [1.82, 2.24) is 14.3 Å². The zero-order chi connectivity index (χ0) is 19.7. The Hall–Kier alpha value is -3.41. The monoisotopic (exact) mass is 385 g/mol. The maximum Gasteiger partial charge on any atom is 0.193 e. The summed E-state index contributed by atoms with van der Waals surface area (Å²) in [5.74, 6) is 0.749. The van der Waals surface area contributed by atoms with Crippen molar-refractivity contribution in [3.63, 3.8) is 0 Å². The Morgan fingerprint density at radius 1 is 1.24 bits per heavy atom. The number of carbonyl (C=O) groups excluding carboxylic acids is 1. The first-order valence-electron chi connectivity index (χ1n) is 9.92. The van der Waals surface area contributed by atoms with Gasteiger partial charge in [-0.3, -0.25) is 14.3 Å². The molecule has 3 aromatic heterocycles. The Morgan fingerprint density at radius 2 is 2.10 bits per heavy atom. The van der Waals surface area contributed by atoms with Crippen LogP contribution in [0.5, 0.6) is 0 Å². The van der Waals surface area contributed by atoms with Gasteiger partial charge >= 0.3 is 0 Å². The fourth-order valence-electron chi connectivity index (χ4n) is 4.35. The average molecular weight is 385 g/mol. The van der Waals surface area contributed by atoms with Crippen molar-refractivity contribution >= 4 is 16.8 Å². The SMILES string of the molecule is Cn1cc(-c2cccc3c4c(oc23)-c2cc(=O)c(C(=O)C3CC3)cn2CC4)cn1. The number of para-hydroxylation sites is 1. The maximum atomic E-state index is 12.7. The second kappa shape index (κ2) is 5.80. The minimum Gasteiger partial charge on any atom is -0.454 e. The summed E-state index contributed by atoms with van der Waals surface area (Å²) in [4.78, 5) is 25.2. The molecule has 1 saturated carbocycles. The molecule has 0 spiro atoms. The molecular formula is C23H19N3O3. The van der Waals surface area contributed by atoms with Crippen LogP contribution in [-0.4, -0.2) is 20.1 Å². The highest BCUT2D eigenvalue weighted by molar-refractivity contribution is 6.00. The number of furan rings is 1. The molecule has 6 nitrogen and oxygen atoms in total. The van der Waals surface area contributed by atoms with E-state index in [4.69, 9.17) is 4.42 Å². The Balaban J connectivity index is 1.55. The molecule has 2 aliphatic rings. The molecule has 4 aromatic rings. The molecular weight excluding hydrogens is 366 g/mol. The van der Waals surface area contributed by atoms with E-state index in [1.807, 2.05) is 36.1 Å². The van der Waals surface area contributed by atoms with Gasteiger partial charge in [0.15, 0.2) is 17.0 Å². The summed E-state index contributed by atoms with van der Waals surface area (Å²) in [6, 6.07) is 7.69. The highest BCUT2D eigenvalue weighted by Crippen LogP contribution is 2.41. The van der Waals surface area contributed by atoms with Gasteiger partial charge in [-0.15, -0.1) is 0 Å². The van der Waals surface area contributed by atoms with E-state index in [-0.39, 0.29) is 17.1 Å². The van der Waals surface area contributed by atoms with Gasteiger partial charge in [0.05, 0.1) is 17.5 Å². The van der Waals surface area contributed by atoms with Gasteiger partial charge in [-0.05, 0) is 19.3 Å². The first-order valence-corrected chi connectivity index (χ1v) is 9.92. The Bertz CT molecular complexity index is 1370. The number of nitrogens with zero attached hydrogens (tertiary/aromatic N) is 3. The van der Waals surface area contributed by atoms with Crippen molar-refractivity contribution in [2.45, 2.75) is 25.8 Å². The molecule has 1 aliphatic heterocycles. The van der Waals surface area contributed by atoms with E-state index >= 15 is 0 Å². The molecule has 0 N–H and O–H groups in total. The third-order valence-electron chi connectivity index (χ3n) is 6.01. The Labute approximate surface area is 166 Å². The number of ketones is 1. The zero-order valence-electron chi connectivity index (χ0n) is 16.0. The van der Waals surface area contributed by atoms with E-state index in [0.717, 1.165) is 64.9 Å². The molecule has 0 saturated heterocycles. The van der Waals surface area contributed by atoms with Crippen LogP contribution in [0, 0.1) is 5.92 Å². The summed E-state index contributed by atoms with van der Waals surface area (Å²) < 4.78 is 10.1. The minimum atomic E-state index is -0.214. The number of pyridine rings is 1. The van der Waals surface area contributed by atoms with Crippen LogP contribution in [0.4, 0.5) is 0 Å². The summed E-state index contributed by atoms with van der Waals surface area (Å²) in [6.07, 6.45) is 8.10. The molecule has 6 rings (SSSR count). The molecule has 6 heteroatoms. The summed E-state index contributed by atoms with van der Waals surface area (Å²) in [5, 5.41) is 5.34. The fraction of sp³-hybridized carbons (Fsp3) is 0.261. The number of carbonyl (C=O) groups is 1. The van der Waals surface area contributed by atoms with Crippen molar-refractivity contribution in [3.05, 3.63) is 64.2 Å². The number of hydrogen-bond donors (Lipinski definition) is 0. The predicted octanol–water partition coefficient (Wildman–Crippen LogP) is 3.81. The van der Waals surface area contributed by atoms with E-state index in [2.05, 4.69) is 11.2 Å². The van der Waals surface area contributed by atoms with Gasteiger partial charge in [0.25, 0.3) is 0 Å². The number of hydrogen-bond acceptors (Lipinski definition) is 4. The van der Waals surface area contributed by atoms with Crippen LogP contribution >= 0.6 is 0 Å². The van der Waals surface area contributed by atoms with Gasteiger partial charge in [0.1, 0.15) is 5.58 Å². The number of aromatic nitrogens is 3. The van der Waals surface area contributed by atoms with Gasteiger partial charge in [-0.1, -0.05) is 18.2 Å². The van der Waals surface area contributed by atoms with E-state index < -0.39 is 0 Å². The summed E-state index contributed by atoms with van der Waals surface area (Å²) in [6.45, 7) is 0.722. The van der Waals surface area contributed by atoms with Crippen LogP contribution in [0.1, 0.15) is 28.8 Å². The Kier molecular flexibility index (Phi) is 3.30. The van der Waals surface area contributed by atoms with Crippen molar-refractivity contribution in [2.24, 2.45) is 13.0 Å². The molecule has 0 radical (unpaired) electrons. The lowest BCUT2D eigenvalue weighted by Crippen LogP contribution is -2.22. The zero-order valence-corrected chi connectivity index (χ0v) is 16.0. The standard InChI is InChI=1S/C23H19N3O3/c1-25-11-14(10-24-25)15-3-2-4-16-17-7-8-26-12-18(21(28)13-5-6-13)20(27)9-19(26)23(17)29-22(15)16/h2-4,9-13H,5-8H2,1H3. The molecule has 0 atom stereocenters. The van der Waals surface area contributed by atoms with E-state index in [1.165, 1.54) is 0 Å². The lowest BCUT2D eigenvalue weighted by atomic mass is 9.98.